The van der Waals surface area contributed by atoms with Crippen molar-refractivity contribution in [3.8, 4) is 0 Å². The van der Waals surface area contributed by atoms with E-state index in [1.807, 2.05) is 24.4 Å². The topological polar surface area (TPSA) is 71.7 Å². The maximum atomic E-state index is 11.8. The van der Waals surface area contributed by atoms with Crippen LogP contribution < -0.4 is 5.43 Å². The van der Waals surface area contributed by atoms with Gasteiger partial charge in [0.15, 0.2) is 5.15 Å². The number of nitrogens with zero attached hydrogens (tertiary/aromatic N) is 4. The Morgan fingerprint density at radius 1 is 1.29 bits per heavy atom. The number of hydrogen-bond acceptors (Lipinski definition) is 4. The fourth-order valence-electron chi connectivity index (χ4n) is 1.82. The van der Waals surface area contributed by atoms with Crippen molar-refractivity contribution >= 4 is 29.4 Å². The van der Waals surface area contributed by atoms with Gasteiger partial charge in [-0.1, -0.05) is 17.7 Å². The van der Waals surface area contributed by atoms with Crippen molar-refractivity contribution in [2.24, 2.45) is 5.10 Å². The number of hydrazone groups is 1. The highest BCUT2D eigenvalue weighted by molar-refractivity contribution is 6.32. The summed E-state index contributed by atoms with van der Waals surface area (Å²) >= 11 is 6.06. The smallest absolute Gasteiger partial charge is 0.271 e. The van der Waals surface area contributed by atoms with Gasteiger partial charge in [-0.05, 0) is 24.3 Å². The van der Waals surface area contributed by atoms with Gasteiger partial charge < -0.3 is 0 Å². The molecule has 0 spiro atoms. The second-order valence-corrected chi connectivity index (χ2v) is 4.51. The normalized spacial score (nSPS) is 11.1. The van der Waals surface area contributed by atoms with Gasteiger partial charge in [-0.15, -0.1) is 0 Å². The molecule has 0 unspecified atom stereocenters. The van der Waals surface area contributed by atoms with Crippen LogP contribution in [0.15, 0.2) is 54.0 Å². The van der Waals surface area contributed by atoms with Crippen molar-refractivity contribution in [2.45, 2.75) is 0 Å². The average Bonchev–Trinajstić information content (AvgIpc) is 2.84. The number of aromatic nitrogens is 3. The van der Waals surface area contributed by atoms with Crippen LogP contribution in [0.1, 0.15) is 16.1 Å². The molecule has 0 saturated carbocycles. The molecule has 21 heavy (non-hydrogen) atoms. The van der Waals surface area contributed by atoms with E-state index >= 15 is 0 Å². The van der Waals surface area contributed by atoms with Crippen LogP contribution in [0.5, 0.6) is 0 Å². The molecule has 0 saturated heterocycles. The molecule has 3 rings (SSSR count). The van der Waals surface area contributed by atoms with Gasteiger partial charge >= 0.3 is 0 Å². The van der Waals surface area contributed by atoms with E-state index in [9.17, 15) is 4.79 Å². The molecule has 0 radical (unpaired) electrons. The molecule has 1 N–H and O–H groups in total. The lowest BCUT2D eigenvalue weighted by atomic mass is 10.3. The minimum Gasteiger partial charge on any atom is -0.297 e. The van der Waals surface area contributed by atoms with Gasteiger partial charge in [-0.25, -0.2) is 10.4 Å². The number of fused-ring (bicyclic) bond motifs is 1. The molecule has 6 nitrogen and oxygen atoms in total. The third-order valence-electron chi connectivity index (χ3n) is 2.82. The summed E-state index contributed by atoms with van der Waals surface area (Å²) in [5, 5.41) is 4.23. The quantitative estimate of drug-likeness (QED) is 0.595. The monoisotopic (exact) mass is 299 g/mol. The van der Waals surface area contributed by atoms with E-state index in [0.717, 1.165) is 0 Å². The van der Waals surface area contributed by atoms with E-state index in [2.05, 4.69) is 20.5 Å². The summed E-state index contributed by atoms with van der Waals surface area (Å²) in [6, 6.07) is 8.76. The van der Waals surface area contributed by atoms with Crippen LogP contribution in [0.2, 0.25) is 5.15 Å². The van der Waals surface area contributed by atoms with Crippen LogP contribution in [0.25, 0.3) is 5.65 Å². The Hall–Kier alpha value is -2.73. The summed E-state index contributed by atoms with van der Waals surface area (Å²) in [6.07, 6.45) is 6.36. The third kappa shape index (κ3) is 2.75. The van der Waals surface area contributed by atoms with Crippen molar-refractivity contribution < 1.29 is 4.79 Å². The van der Waals surface area contributed by atoms with Gasteiger partial charge in [0.2, 0.25) is 0 Å². The zero-order chi connectivity index (χ0) is 14.7. The van der Waals surface area contributed by atoms with E-state index in [-0.39, 0.29) is 5.91 Å². The van der Waals surface area contributed by atoms with Crippen LogP contribution in [0.3, 0.4) is 0 Å². The van der Waals surface area contributed by atoms with Crippen molar-refractivity contribution in [1.82, 2.24) is 19.8 Å². The second-order valence-electron chi connectivity index (χ2n) is 4.15. The van der Waals surface area contributed by atoms with E-state index in [1.54, 1.807) is 28.9 Å². The van der Waals surface area contributed by atoms with Crippen LogP contribution in [-0.4, -0.2) is 26.5 Å². The molecule has 3 aromatic rings. The van der Waals surface area contributed by atoms with Crippen molar-refractivity contribution in [2.75, 3.05) is 0 Å². The largest absolute Gasteiger partial charge is 0.297 e. The molecule has 104 valence electrons. The van der Waals surface area contributed by atoms with Crippen LogP contribution in [0, 0.1) is 0 Å². The summed E-state index contributed by atoms with van der Waals surface area (Å²) < 4.78 is 1.78. The van der Waals surface area contributed by atoms with Gasteiger partial charge in [0.25, 0.3) is 5.91 Å². The molecule has 7 heteroatoms. The van der Waals surface area contributed by atoms with Crippen LogP contribution >= 0.6 is 11.6 Å². The molecule has 0 aromatic carbocycles. The van der Waals surface area contributed by atoms with E-state index in [4.69, 9.17) is 11.6 Å². The molecular weight excluding hydrogens is 290 g/mol. The Labute approximate surface area is 125 Å². The number of imidazole rings is 1. The summed E-state index contributed by atoms with van der Waals surface area (Å²) in [5.41, 5.74) is 4.22. The Morgan fingerprint density at radius 2 is 2.10 bits per heavy atom. The average molecular weight is 300 g/mol. The first-order valence-corrected chi connectivity index (χ1v) is 6.49. The first-order valence-electron chi connectivity index (χ1n) is 6.12. The number of carbonyl (C=O) groups is 1. The number of hydrogen-bond donors (Lipinski definition) is 1. The molecule has 3 heterocycles. The van der Waals surface area contributed by atoms with E-state index in [0.29, 0.717) is 22.1 Å². The number of pyridine rings is 2. The van der Waals surface area contributed by atoms with Gasteiger partial charge in [0.05, 0.1) is 6.21 Å². The van der Waals surface area contributed by atoms with Gasteiger partial charge in [0, 0.05) is 24.2 Å². The molecular formula is C14H10ClN5O. The van der Waals surface area contributed by atoms with E-state index in [1.165, 1.54) is 6.21 Å². The SMILES string of the molecule is O=C(N/N=C\c1c(Cl)nc2ccccn12)c1ccncc1. The van der Waals surface area contributed by atoms with Crippen molar-refractivity contribution in [3.63, 3.8) is 0 Å². The van der Waals surface area contributed by atoms with Crippen LogP contribution in [-0.2, 0) is 0 Å². The zero-order valence-corrected chi connectivity index (χ0v) is 11.5. The number of carbonyl (C=O) groups excluding carboxylic acids is 1. The lowest BCUT2D eigenvalue weighted by Crippen LogP contribution is -2.17. The van der Waals surface area contributed by atoms with Crippen molar-refractivity contribution in [1.29, 1.82) is 0 Å². The lowest BCUT2D eigenvalue weighted by Gasteiger charge is -1.99. The van der Waals surface area contributed by atoms with Crippen molar-refractivity contribution in [3.05, 3.63) is 65.3 Å². The fraction of sp³-hybridized carbons (Fsp3) is 0. The maximum Gasteiger partial charge on any atom is 0.271 e. The molecule has 0 fully saturated rings. The summed E-state index contributed by atoms with van der Waals surface area (Å²) in [7, 11) is 0. The molecule has 0 atom stereocenters. The first-order chi connectivity index (χ1) is 10.3. The molecule has 0 aliphatic rings. The highest BCUT2D eigenvalue weighted by Gasteiger charge is 2.07. The predicted molar refractivity (Wildman–Crippen MR) is 79.5 cm³/mol. The van der Waals surface area contributed by atoms with E-state index < -0.39 is 0 Å². The third-order valence-corrected chi connectivity index (χ3v) is 3.10. The van der Waals surface area contributed by atoms with Gasteiger partial charge in [-0.3, -0.25) is 14.2 Å². The van der Waals surface area contributed by atoms with Crippen LogP contribution in [0.4, 0.5) is 0 Å². The fourth-order valence-corrected chi connectivity index (χ4v) is 2.05. The maximum absolute atomic E-state index is 11.8. The lowest BCUT2D eigenvalue weighted by molar-refractivity contribution is 0.0955. The number of amides is 1. The Bertz CT molecular complexity index is 813. The number of nitrogens with one attached hydrogen (secondary N) is 1. The molecule has 1 amide bonds. The highest BCUT2D eigenvalue weighted by Crippen LogP contribution is 2.15. The number of halogens is 1. The Balaban J connectivity index is 1.79. The summed E-state index contributed by atoms with van der Waals surface area (Å²) in [4.78, 5) is 19.8. The van der Waals surface area contributed by atoms with Gasteiger partial charge in [0.1, 0.15) is 11.3 Å². The minimum absolute atomic E-state index is 0.321. The highest BCUT2D eigenvalue weighted by atomic mass is 35.5. The molecule has 0 aliphatic carbocycles. The number of rotatable bonds is 3. The predicted octanol–water partition coefficient (Wildman–Crippen LogP) is 2.15. The zero-order valence-electron chi connectivity index (χ0n) is 10.8. The first kappa shape index (κ1) is 13.3. The Morgan fingerprint density at radius 3 is 2.90 bits per heavy atom. The standard InChI is InChI=1S/C14H10ClN5O/c15-13-11(20-8-2-1-3-12(20)18-13)9-17-19-14(21)10-4-6-16-7-5-10/h1-9H,(H,19,21)/b17-9-. The molecule has 0 aliphatic heterocycles. The molecule has 0 bridgehead atoms. The minimum atomic E-state index is -0.321. The Kier molecular flexibility index (Phi) is 3.61. The molecule has 3 aromatic heterocycles. The second kappa shape index (κ2) is 5.72. The van der Waals surface area contributed by atoms with Gasteiger partial charge in [-0.2, -0.15) is 5.10 Å². The summed E-state index contributed by atoms with van der Waals surface area (Å²) in [6.45, 7) is 0. The summed E-state index contributed by atoms with van der Waals surface area (Å²) in [5.74, 6) is -0.321.